The standard InChI is InChI=1S/C17H17IN2O/c1-11-6-5-7-12(17(11)18)14(19-2)10-16-20-13-8-3-4-9-15(13)21-16/h3-9,14,19H,10H2,1-2H3. The minimum atomic E-state index is 0.199. The quantitative estimate of drug-likeness (QED) is 0.675. The molecule has 3 nitrogen and oxygen atoms in total. The fourth-order valence-electron chi connectivity index (χ4n) is 2.49. The Bertz CT molecular complexity index is 733. The van der Waals surface area contributed by atoms with Gasteiger partial charge >= 0.3 is 0 Å². The van der Waals surface area contributed by atoms with Crippen molar-refractivity contribution in [3.8, 4) is 0 Å². The summed E-state index contributed by atoms with van der Waals surface area (Å²) in [4.78, 5) is 4.57. The van der Waals surface area contributed by atoms with Gasteiger partial charge in [0.05, 0.1) is 0 Å². The maximum absolute atomic E-state index is 5.84. The van der Waals surface area contributed by atoms with E-state index in [2.05, 4.69) is 58.0 Å². The van der Waals surface area contributed by atoms with Crippen LogP contribution in [0.25, 0.3) is 11.1 Å². The van der Waals surface area contributed by atoms with Crippen molar-refractivity contribution >= 4 is 33.7 Å². The molecular formula is C17H17IN2O. The lowest BCUT2D eigenvalue weighted by molar-refractivity contribution is 0.473. The maximum atomic E-state index is 5.84. The second-order valence-corrected chi connectivity index (χ2v) is 6.18. The summed E-state index contributed by atoms with van der Waals surface area (Å²) >= 11 is 2.41. The number of nitrogens with one attached hydrogen (secondary N) is 1. The van der Waals surface area contributed by atoms with Crippen LogP contribution in [0.15, 0.2) is 46.9 Å². The number of fused-ring (bicyclic) bond motifs is 1. The van der Waals surface area contributed by atoms with Crippen LogP contribution in [0.1, 0.15) is 23.1 Å². The van der Waals surface area contributed by atoms with E-state index in [1.54, 1.807) is 0 Å². The summed E-state index contributed by atoms with van der Waals surface area (Å²) in [5, 5.41) is 3.37. The Hall–Kier alpha value is -1.40. The Labute approximate surface area is 137 Å². The van der Waals surface area contributed by atoms with Gasteiger partial charge in [-0.1, -0.05) is 30.3 Å². The van der Waals surface area contributed by atoms with Crippen LogP contribution in [-0.4, -0.2) is 12.0 Å². The number of halogens is 1. The van der Waals surface area contributed by atoms with Crippen molar-refractivity contribution in [3.63, 3.8) is 0 Å². The molecule has 1 unspecified atom stereocenters. The minimum absolute atomic E-state index is 0.199. The van der Waals surface area contributed by atoms with Crippen molar-refractivity contribution in [1.82, 2.24) is 10.3 Å². The summed E-state index contributed by atoms with van der Waals surface area (Å²) in [6.07, 6.45) is 0.741. The predicted octanol–water partition coefficient (Wildman–Crippen LogP) is 4.24. The summed E-state index contributed by atoms with van der Waals surface area (Å²) in [5.74, 6) is 0.771. The van der Waals surface area contributed by atoms with Crippen LogP contribution in [0.5, 0.6) is 0 Å². The Morgan fingerprint density at radius 3 is 2.76 bits per heavy atom. The van der Waals surface area contributed by atoms with Gasteiger partial charge in [0, 0.05) is 16.0 Å². The van der Waals surface area contributed by atoms with Gasteiger partial charge in [-0.3, -0.25) is 0 Å². The predicted molar refractivity (Wildman–Crippen MR) is 93.4 cm³/mol. The summed E-state index contributed by atoms with van der Waals surface area (Å²) in [6, 6.07) is 14.5. The lowest BCUT2D eigenvalue weighted by Crippen LogP contribution is -2.20. The van der Waals surface area contributed by atoms with E-state index in [1.807, 2.05) is 31.3 Å². The zero-order valence-electron chi connectivity index (χ0n) is 12.1. The number of nitrogens with zero attached hydrogens (tertiary/aromatic N) is 1. The lowest BCUT2D eigenvalue weighted by Gasteiger charge is -2.17. The molecule has 1 atom stereocenters. The first kappa shape index (κ1) is 14.5. The van der Waals surface area contributed by atoms with Crippen LogP contribution in [0.3, 0.4) is 0 Å². The zero-order chi connectivity index (χ0) is 14.8. The summed E-state index contributed by atoms with van der Waals surface area (Å²) in [6.45, 7) is 2.14. The molecule has 0 bridgehead atoms. The molecular weight excluding hydrogens is 375 g/mol. The first-order valence-corrected chi connectivity index (χ1v) is 8.03. The SMILES string of the molecule is CNC(Cc1nc2ccccc2o1)c1cccc(C)c1I. The van der Waals surface area contributed by atoms with E-state index in [0.717, 1.165) is 23.4 Å². The fraction of sp³-hybridized carbons (Fsp3) is 0.235. The van der Waals surface area contributed by atoms with E-state index in [1.165, 1.54) is 14.7 Å². The van der Waals surface area contributed by atoms with Crippen molar-refractivity contribution in [2.75, 3.05) is 7.05 Å². The number of hydrogen-bond acceptors (Lipinski definition) is 3. The molecule has 0 amide bonds. The molecule has 0 fully saturated rings. The van der Waals surface area contributed by atoms with Crippen LogP contribution in [0.4, 0.5) is 0 Å². The van der Waals surface area contributed by atoms with Gasteiger partial charge < -0.3 is 9.73 Å². The third-order valence-corrected chi connectivity index (χ3v) is 5.14. The molecule has 1 N–H and O–H groups in total. The van der Waals surface area contributed by atoms with Crippen LogP contribution in [0, 0.1) is 10.5 Å². The van der Waals surface area contributed by atoms with Gasteiger partial charge in [0.1, 0.15) is 5.52 Å². The average molecular weight is 392 g/mol. The molecule has 0 aliphatic rings. The Morgan fingerprint density at radius 2 is 2.00 bits per heavy atom. The highest BCUT2D eigenvalue weighted by Crippen LogP contribution is 2.26. The van der Waals surface area contributed by atoms with Crippen molar-refractivity contribution in [1.29, 1.82) is 0 Å². The molecule has 2 aromatic carbocycles. The van der Waals surface area contributed by atoms with Gasteiger partial charge in [-0.15, -0.1) is 0 Å². The third-order valence-electron chi connectivity index (χ3n) is 3.66. The van der Waals surface area contributed by atoms with Crippen LogP contribution < -0.4 is 5.32 Å². The molecule has 0 spiro atoms. The van der Waals surface area contributed by atoms with Gasteiger partial charge in [-0.05, 0) is 59.8 Å². The normalized spacial score (nSPS) is 12.7. The van der Waals surface area contributed by atoms with Gasteiger partial charge in [0.25, 0.3) is 0 Å². The Kier molecular flexibility index (Phi) is 4.26. The number of para-hydroxylation sites is 2. The first-order valence-electron chi connectivity index (χ1n) is 6.95. The topological polar surface area (TPSA) is 38.1 Å². The molecule has 0 saturated carbocycles. The van der Waals surface area contributed by atoms with Crippen LogP contribution in [0.2, 0.25) is 0 Å². The van der Waals surface area contributed by atoms with E-state index in [9.17, 15) is 0 Å². The fourth-order valence-corrected chi connectivity index (χ4v) is 3.22. The van der Waals surface area contributed by atoms with Crippen LogP contribution >= 0.6 is 22.6 Å². The lowest BCUT2D eigenvalue weighted by atomic mass is 10.0. The molecule has 4 heteroatoms. The molecule has 21 heavy (non-hydrogen) atoms. The Morgan fingerprint density at radius 1 is 1.19 bits per heavy atom. The third kappa shape index (κ3) is 2.96. The first-order chi connectivity index (χ1) is 10.2. The molecule has 1 heterocycles. The Balaban J connectivity index is 1.92. The second kappa shape index (κ2) is 6.15. The number of benzene rings is 2. The summed E-state index contributed by atoms with van der Waals surface area (Å²) in [5.41, 5.74) is 4.36. The van der Waals surface area contributed by atoms with E-state index in [-0.39, 0.29) is 6.04 Å². The highest BCUT2D eigenvalue weighted by atomic mass is 127. The monoisotopic (exact) mass is 392 g/mol. The van der Waals surface area contributed by atoms with Crippen LogP contribution in [-0.2, 0) is 6.42 Å². The summed E-state index contributed by atoms with van der Waals surface area (Å²) in [7, 11) is 1.98. The molecule has 3 aromatic rings. The number of aromatic nitrogens is 1. The maximum Gasteiger partial charge on any atom is 0.197 e. The number of oxazole rings is 1. The molecule has 0 saturated heterocycles. The van der Waals surface area contributed by atoms with E-state index < -0.39 is 0 Å². The molecule has 0 aliphatic carbocycles. The summed E-state index contributed by atoms with van der Waals surface area (Å²) < 4.78 is 7.14. The number of aryl methyl sites for hydroxylation is 1. The number of hydrogen-bond donors (Lipinski definition) is 1. The van der Waals surface area contributed by atoms with E-state index >= 15 is 0 Å². The van der Waals surface area contributed by atoms with Crippen molar-refractivity contribution in [3.05, 3.63) is 63.1 Å². The van der Waals surface area contributed by atoms with Crippen molar-refractivity contribution in [2.24, 2.45) is 0 Å². The van der Waals surface area contributed by atoms with E-state index in [4.69, 9.17) is 4.42 Å². The second-order valence-electron chi connectivity index (χ2n) is 5.10. The van der Waals surface area contributed by atoms with Crippen molar-refractivity contribution < 1.29 is 4.42 Å². The molecule has 0 radical (unpaired) electrons. The van der Waals surface area contributed by atoms with Gasteiger partial charge in [-0.2, -0.15) is 0 Å². The highest BCUT2D eigenvalue weighted by molar-refractivity contribution is 14.1. The van der Waals surface area contributed by atoms with E-state index in [0.29, 0.717) is 0 Å². The zero-order valence-corrected chi connectivity index (χ0v) is 14.2. The highest BCUT2D eigenvalue weighted by Gasteiger charge is 2.17. The molecule has 108 valence electrons. The molecule has 0 aliphatic heterocycles. The number of likely N-dealkylation sites (N-methyl/N-ethyl adjacent to an activating group) is 1. The van der Waals surface area contributed by atoms with Crippen molar-refractivity contribution in [2.45, 2.75) is 19.4 Å². The molecule has 1 aromatic heterocycles. The smallest absolute Gasteiger partial charge is 0.197 e. The average Bonchev–Trinajstić information content (AvgIpc) is 2.90. The van der Waals surface area contributed by atoms with Gasteiger partial charge in [0.15, 0.2) is 11.5 Å². The number of rotatable bonds is 4. The minimum Gasteiger partial charge on any atom is -0.441 e. The largest absolute Gasteiger partial charge is 0.441 e. The molecule has 3 rings (SSSR count). The van der Waals surface area contributed by atoms with Gasteiger partial charge in [-0.25, -0.2) is 4.98 Å². The van der Waals surface area contributed by atoms with Gasteiger partial charge in [0.2, 0.25) is 0 Å².